The summed E-state index contributed by atoms with van der Waals surface area (Å²) in [7, 11) is -3.46. The van der Waals surface area contributed by atoms with Gasteiger partial charge in [0, 0.05) is 11.5 Å². The van der Waals surface area contributed by atoms with Gasteiger partial charge in [-0.2, -0.15) is 0 Å². The highest BCUT2D eigenvalue weighted by Gasteiger charge is 2.26. The van der Waals surface area contributed by atoms with Crippen molar-refractivity contribution in [3.63, 3.8) is 0 Å². The minimum atomic E-state index is -1.73. The van der Waals surface area contributed by atoms with Crippen LogP contribution < -0.4 is 0 Å². The van der Waals surface area contributed by atoms with Gasteiger partial charge in [-0.05, 0) is 11.8 Å². The van der Waals surface area contributed by atoms with Gasteiger partial charge in [0.25, 0.3) is 0 Å². The molecule has 0 spiro atoms. The van der Waals surface area contributed by atoms with Gasteiger partial charge in [-0.25, -0.2) is 13.2 Å². The number of carboxylic acid groups (broad SMARTS) is 1. The van der Waals surface area contributed by atoms with E-state index in [0.717, 1.165) is 0 Å². The molecular weight excluding hydrogens is 250 g/mol. The van der Waals surface area contributed by atoms with Gasteiger partial charge in [0.05, 0.1) is 0 Å². The van der Waals surface area contributed by atoms with Crippen molar-refractivity contribution in [2.24, 2.45) is 11.8 Å². The fourth-order valence-corrected chi connectivity index (χ4v) is 3.84. The summed E-state index contributed by atoms with van der Waals surface area (Å²) in [5, 5.41) is 8.88. The summed E-state index contributed by atoms with van der Waals surface area (Å²) in [6.07, 6.45) is -1.39. The lowest BCUT2D eigenvalue weighted by Gasteiger charge is -2.18. The van der Waals surface area contributed by atoms with E-state index in [4.69, 9.17) is 5.11 Å². The van der Waals surface area contributed by atoms with Gasteiger partial charge in [-0.15, -0.1) is 3.71 Å². The molecule has 0 saturated carbocycles. The Bertz CT molecular complexity index is 269. The van der Waals surface area contributed by atoms with Crippen molar-refractivity contribution in [3.8, 4) is 0 Å². The van der Waals surface area contributed by atoms with Crippen LogP contribution in [0.2, 0.25) is 0 Å². The summed E-state index contributed by atoms with van der Waals surface area (Å²) in [6.45, 7) is 7.35. The van der Waals surface area contributed by atoms with Crippen LogP contribution in [-0.4, -0.2) is 34.8 Å². The Labute approximate surface area is 101 Å². The zero-order valence-corrected chi connectivity index (χ0v) is 11.6. The molecule has 7 heteroatoms. The molecule has 0 heterocycles. The molecule has 0 bridgehead atoms. The lowest BCUT2D eigenvalue weighted by Crippen LogP contribution is -2.37. The molecule has 2 atom stereocenters. The van der Waals surface area contributed by atoms with Crippen molar-refractivity contribution >= 4 is 28.1 Å². The van der Waals surface area contributed by atoms with E-state index in [-0.39, 0.29) is 23.3 Å². The second kappa shape index (κ2) is 7.01. The molecule has 0 aromatic heterocycles. The van der Waals surface area contributed by atoms with Gasteiger partial charge in [-0.3, -0.25) is 0 Å². The summed E-state index contributed by atoms with van der Waals surface area (Å²) in [4.78, 5) is 10.9. The third kappa shape index (κ3) is 5.60. The van der Waals surface area contributed by atoms with Crippen LogP contribution >= 0.6 is 0 Å². The Hall–Kier alpha value is -0.430. The zero-order chi connectivity index (χ0) is 12.9. The minimum Gasteiger partial charge on any atom is -0.464 e. The van der Waals surface area contributed by atoms with Crippen molar-refractivity contribution in [1.29, 1.82) is 0 Å². The summed E-state index contributed by atoms with van der Waals surface area (Å²) >= 11 is 0. The first-order valence-corrected chi connectivity index (χ1v) is 7.60. The average Bonchev–Trinajstić information content (AvgIpc) is 1.98. The third-order valence-corrected chi connectivity index (χ3v) is 5.43. The number of nitrogens with zero attached hydrogens (tertiary/aromatic N) is 1. The van der Waals surface area contributed by atoms with E-state index >= 15 is 0 Å². The Kier molecular flexibility index (Phi) is 6.82. The van der Waals surface area contributed by atoms with Crippen LogP contribution in [0.5, 0.6) is 0 Å². The number of amides is 1. The maximum absolute atomic E-state index is 11.7. The molecular formula is C9H19NO4S2. The summed E-state index contributed by atoms with van der Waals surface area (Å²) in [5.41, 5.74) is 0. The van der Waals surface area contributed by atoms with Crippen LogP contribution in [0.25, 0.3) is 0 Å². The lowest BCUT2D eigenvalue weighted by atomic mass is 10.3. The van der Waals surface area contributed by atoms with Gasteiger partial charge < -0.3 is 5.11 Å². The van der Waals surface area contributed by atoms with Crippen molar-refractivity contribution in [2.75, 3.05) is 11.5 Å². The molecule has 0 aromatic rings. The van der Waals surface area contributed by atoms with E-state index in [1.165, 1.54) is 0 Å². The van der Waals surface area contributed by atoms with Gasteiger partial charge in [0.1, 0.15) is 22.0 Å². The molecule has 1 N–H and O–H groups in total. The Morgan fingerprint density at radius 1 is 1.06 bits per heavy atom. The second-order valence-corrected chi connectivity index (χ2v) is 7.22. The van der Waals surface area contributed by atoms with Crippen LogP contribution in [0.15, 0.2) is 0 Å². The minimum absolute atomic E-state index is 0.0960. The molecule has 0 rings (SSSR count). The fraction of sp³-hybridized carbons (Fsp3) is 0.889. The highest BCUT2D eigenvalue weighted by molar-refractivity contribution is 7.98. The maximum atomic E-state index is 11.7. The summed E-state index contributed by atoms with van der Waals surface area (Å²) < 4.78 is 23.9. The first kappa shape index (κ1) is 15.6. The predicted molar refractivity (Wildman–Crippen MR) is 65.6 cm³/mol. The average molecular weight is 269 g/mol. The first-order chi connectivity index (χ1) is 7.25. The summed E-state index contributed by atoms with van der Waals surface area (Å²) in [6, 6.07) is 0. The van der Waals surface area contributed by atoms with Crippen LogP contribution in [0.1, 0.15) is 27.7 Å². The van der Waals surface area contributed by atoms with Crippen molar-refractivity contribution < 1.29 is 18.3 Å². The van der Waals surface area contributed by atoms with Crippen LogP contribution in [-0.2, 0) is 22.0 Å². The Morgan fingerprint density at radius 3 is 1.56 bits per heavy atom. The monoisotopic (exact) mass is 269 g/mol. The molecule has 16 heavy (non-hydrogen) atoms. The molecule has 0 radical (unpaired) electrons. The lowest BCUT2D eigenvalue weighted by molar-refractivity contribution is 0.189. The number of hydrogen-bond donors (Lipinski definition) is 1. The molecule has 0 aliphatic rings. The highest BCUT2D eigenvalue weighted by atomic mass is 32.3. The third-order valence-electron chi connectivity index (χ3n) is 1.48. The van der Waals surface area contributed by atoms with Crippen molar-refractivity contribution in [1.82, 2.24) is 3.71 Å². The number of hydrogen-bond acceptors (Lipinski definition) is 3. The van der Waals surface area contributed by atoms with Gasteiger partial charge in [-0.1, -0.05) is 27.7 Å². The molecule has 2 unspecified atom stereocenters. The van der Waals surface area contributed by atoms with E-state index in [9.17, 15) is 13.2 Å². The Morgan fingerprint density at radius 2 is 1.38 bits per heavy atom. The predicted octanol–water partition coefficient (Wildman–Crippen LogP) is 1.61. The van der Waals surface area contributed by atoms with E-state index in [0.29, 0.717) is 3.71 Å². The topological polar surface area (TPSA) is 74.7 Å². The molecule has 0 fully saturated rings. The molecule has 5 nitrogen and oxygen atoms in total. The van der Waals surface area contributed by atoms with Gasteiger partial charge >= 0.3 is 6.09 Å². The van der Waals surface area contributed by atoms with E-state index < -0.39 is 28.1 Å². The van der Waals surface area contributed by atoms with Crippen LogP contribution in [0.3, 0.4) is 0 Å². The molecule has 0 aromatic carbocycles. The Balaban J connectivity index is 4.67. The van der Waals surface area contributed by atoms with E-state index in [2.05, 4.69) is 0 Å². The normalized spacial score (nSPS) is 15.1. The summed E-state index contributed by atoms with van der Waals surface area (Å²) in [5.74, 6) is 0.601. The standard InChI is InChI=1S/C9H19NO4S2/c1-7(2)5-15(13)10(9(11)12)16(14)6-8(3)4/h7-8H,5-6H2,1-4H3,(H,11,12). The van der Waals surface area contributed by atoms with Crippen LogP contribution in [0, 0.1) is 11.8 Å². The zero-order valence-electron chi connectivity index (χ0n) is 10.0. The first-order valence-electron chi connectivity index (χ1n) is 5.05. The number of carbonyl (C=O) groups is 1. The second-order valence-electron chi connectivity index (χ2n) is 4.30. The highest BCUT2D eigenvalue weighted by Crippen LogP contribution is 2.09. The van der Waals surface area contributed by atoms with Gasteiger partial charge in [0.15, 0.2) is 0 Å². The van der Waals surface area contributed by atoms with Crippen LogP contribution in [0.4, 0.5) is 4.79 Å². The van der Waals surface area contributed by atoms with E-state index in [1.807, 2.05) is 27.7 Å². The fourth-order valence-electron chi connectivity index (χ4n) is 0.973. The molecule has 1 amide bonds. The quantitative estimate of drug-likeness (QED) is 0.795. The molecule has 96 valence electrons. The largest absolute Gasteiger partial charge is 0.464 e. The smallest absolute Gasteiger partial charge is 0.431 e. The number of rotatable bonds is 6. The van der Waals surface area contributed by atoms with Crippen molar-refractivity contribution in [2.45, 2.75) is 27.7 Å². The van der Waals surface area contributed by atoms with Crippen molar-refractivity contribution in [3.05, 3.63) is 0 Å². The van der Waals surface area contributed by atoms with E-state index in [1.54, 1.807) is 0 Å². The maximum Gasteiger partial charge on any atom is 0.431 e. The van der Waals surface area contributed by atoms with Gasteiger partial charge in [0.2, 0.25) is 0 Å². The SMILES string of the molecule is CC(C)CS(=O)N(C(=O)O)S(=O)CC(C)C. The molecule has 0 aliphatic carbocycles. The molecule has 0 saturated heterocycles. The molecule has 0 aliphatic heterocycles.